The molecule has 0 fully saturated rings. The highest BCUT2D eigenvalue weighted by Crippen LogP contribution is 2.42. The summed E-state index contributed by atoms with van der Waals surface area (Å²) in [6.45, 7) is 3.49. The van der Waals surface area contributed by atoms with Crippen LogP contribution in [0, 0.1) is 0 Å². The number of amides is 1. The van der Waals surface area contributed by atoms with E-state index in [4.69, 9.17) is 13.8 Å². The number of carbonyl (C=O) groups excluding carboxylic acids is 2. The van der Waals surface area contributed by atoms with Gasteiger partial charge in [-0.3, -0.25) is 18.6 Å². The standard InChI is InChI=1S/C36H72NO8P/c1-3-5-7-9-11-12-13-14-15-16-17-18-19-20-21-22-23-24-26-28-35(39)37-30-31-44-46(41,42)45-33-34(38)32-43-36(40)29-27-25-10-8-6-4-2/h34,38H,3-33H2,1-2H3,(H,37,39)(H,41,42). The Morgan fingerprint density at radius 1 is 0.587 bits per heavy atom. The maximum atomic E-state index is 12.0. The molecular formula is C36H72NO8P. The fourth-order valence-electron chi connectivity index (χ4n) is 5.38. The predicted octanol–water partition coefficient (Wildman–Crippen LogP) is 9.71. The van der Waals surface area contributed by atoms with Gasteiger partial charge in [-0.05, 0) is 12.8 Å². The molecule has 0 rings (SSSR count). The first-order valence-corrected chi connectivity index (χ1v) is 20.5. The third-order valence-electron chi connectivity index (χ3n) is 8.29. The van der Waals surface area contributed by atoms with E-state index in [1.54, 1.807) is 0 Å². The van der Waals surface area contributed by atoms with Crippen molar-refractivity contribution in [3.8, 4) is 0 Å². The van der Waals surface area contributed by atoms with Crippen molar-refractivity contribution in [1.82, 2.24) is 5.32 Å². The van der Waals surface area contributed by atoms with E-state index in [0.717, 1.165) is 44.9 Å². The Morgan fingerprint density at radius 3 is 1.41 bits per heavy atom. The van der Waals surface area contributed by atoms with Crippen molar-refractivity contribution in [2.24, 2.45) is 0 Å². The third kappa shape index (κ3) is 34.3. The Kier molecular flexibility index (Phi) is 33.2. The van der Waals surface area contributed by atoms with Crippen LogP contribution in [0.4, 0.5) is 0 Å². The van der Waals surface area contributed by atoms with Gasteiger partial charge in [0, 0.05) is 19.4 Å². The number of aliphatic hydroxyl groups is 1. The lowest BCUT2D eigenvalue weighted by Crippen LogP contribution is -2.27. The maximum Gasteiger partial charge on any atom is 0.472 e. The lowest BCUT2D eigenvalue weighted by molar-refractivity contribution is -0.147. The largest absolute Gasteiger partial charge is 0.472 e. The molecule has 0 saturated carbocycles. The molecule has 2 unspecified atom stereocenters. The van der Waals surface area contributed by atoms with E-state index < -0.39 is 26.5 Å². The van der Waals surface area contributed by atoms with E-state index in [0.29, 0.717) is 6.42 Å². The first-order chi connectivity index (χ1) is 22.3. The van der Waals surface area contributed by atoms with Crippen molar-refractivity contribution >= 4 is 19.7 Å². The second-order valence-electron chi connectivity index (χ2n) is 12.9. The molecule has 0 spiro atoms. The number of unbranched alkanes of at least 4 members (excludes halogenated alkanes) is 23. The van der Waals surface area contributed by atoms with Crippen LogP contribution in [0.15, 0.2) is 0 Å². The first-order valence-electron chi connectivity index (χ1n) is 19.0. The highest BCUT2D eigenvalue weighted by atomic mass is 31.2. The number of hydrogen-bond acceptors (Lipinski definition) is 7. The summed E-state index contributed by atoms with van der Waals surface area (Å²) in [5.41, 5.74) is 0. The molecule has 0 aliphatic carbocycles. The molecule has 0 aromatic rings. The van der Waals surface area contributed by atoms with Crippen molar-refractivity contribution in [1.29, 1.82) is 0 Å². The number of aliphatic hydroxyl groups excluding tert-OH is 1. The minimum absolute atomic E-state index is 0.0878. The minimum Gasteiger partial charge on any atom is -0.463 e. The average Bonchev–Trinajstić information content (AvgIpc) is 3.04. The normalized spacial score (nSPS) is 13.4. The van der Waals surface area contributed by atoms with Crippen LogP contribution in [0.25, 0.3) is 0 Å². The van der Waals surface area contributed by atoms with Gasteiger partial charge in [-0.15, -0.1) is 0 Å². The summed E-state index contributed by atoms with van der Waals surface area (Å²) >= 11 is 0. The van der Waals surface area contributed by atoms with Crippen LogP contribution in [0.3, 0.4) is 0 Å². The van der Waals surface area contributed by atoms with Crippen molar-refractivity contribution < 1.29 is 37.9 Å². The van der Waals surface area contributed by atoms with Crippen molar-refractivity contribution in [3.05, 3.63) is 0 Å². The Morgan fingerprint density at radius 2 is 0.978 bits per heavy atom. The summed E-state index contributed by atoms with van der Waals surface area (Å²) in [5, 5.41) is 12.6. The molecule has 0 radical (unpaired) electrons. The zero-order valence-corrected chi connectivity index (χ0v) is 30.7. The number of phosphoric acid groups is 1. The fourth-order valence-corrected chi connectivity index (χ4v) is 6.14. The number of carbonyl (C=O) groups is 2. The lowest BCUT2D eigenvalue weighted by atomic mass is 10.0. The monoisotopic (exact) mass is 677 g/mol. The van der Waals surface area contributed by atoms with Gasteiger partial charge in [-0.2, -0.15) is 0 Å². The molecule has 0 aliphatic heterocycles. The first kappa shape index (κ1) is 45.0. The Labute approximate surface area is 282 Å². The third-order valence-corrected chi connectivity index (χ3v) is 9.27. The molecule has 2 atom stereocenters. The molecule has 0 aliphatic rings. The van der Waals surface area contributed by atoms with E-state index in [-0.39, 0.29) is 32.1 Å². The van der Waals surface area contributed by atoms with Crippen LogP contribution in [0.2, 0.25) is 0 Å². The highest BCUT2D eigenvalue weighted by Gasteiger charge is 2.23. The SMILES string of the molecule is CCCCCCCCCCCCCCCCCCCCCC(=O)NCCOP(=O)(O)OCC(O)COC(=O)CCCCCCCC. The summed E-state index contributed by atoms with van der Waals surface area (Å²) in [6, 6.07) is 0. The van der Waals surface area contributed by atoms with Gasteiger partial charge in [0.15, 0.2) is 0 Å². The van der Waals surface area contributed by atoms with Gasteiger partial charge < -0.3 is 20.1 Å². The molecule has 3 N–H and O–H groups in total. The van der Waals surface area contributed by atoms with E-state index >= 15 is 0 Å². The zero-order valence-electron chi connectivity index (χ0n) is 29.8. The number of nitrogens with one attached hydrogen (secondary N) is 1. The van der Waals surface area contributed by atoms with Crippen LogP contribution in [0.5, 0.6) is 0 Å². The molecule has 274 valence electrons. The Balaban J connectivity index is 3.52. The number of rotatable bonds is 36. The molecule has 46 heavy (non-hydrogen) atoms. The summed E-state index contributed by atoms with van der Waals surface area (Å²) in [7, 11) is -4.39. The fraction of sp³-hybridized carbons (Fsp3) is 0.944. The summed E-state index contributed by atoms with van der Waals surface area (Å²) in [4.78, 5) is 33.5. The molecule has 0 bridgehead atoms. The Hall–Kier alpha value is -0.990. The molecule has 9 nitrogen and oxygen atoms in total. The average molecular weight is 678 g/mol. The van der Waals surface area contributed by atoms with Crippen molar-refractivity contribution in [2.45, 2.75) is 193 Å². The van der Waals surface area contributed by atoms with Gasteiger partial charge in [0.25, 0.3) is 0 Å². The molecule has 0 heterocycles. The van der Waals surface area contributed by atoms with Gasteiger partial charge >= 0.3 is 13.8 Å². The molecule has 1 amide bonds. The van der Waals surface area contributed by atoms with Crippen LogP contribution < -0.4 is 5.32 Å². The van der Waals surface area contributed by atoms with Gasteiger partial charge in [0.1, 0.15) is 12.7 Å². The summed E-state index contributed by atoms with van der Waals surface area (Å²) in [6.07, 6.45) is 30.7. The van der Waals surface area contributed by atoms with Gasteiger partial charge in [-0.1, -0.05) is 162 Å². The smallest absolute Gasteiger partial charge is 0.463 e. The topological polar surface area (TPSA) is 131 Å². The van der Waals surface area contributed by atoms with Gasteiger partial charge in [0.2, 0.25) is 5.91 Å². The number of hydrogen-bond donors (Lipinski definition) is 3. The van der Waals surface area contributed by atoms with Crippen LogP contribution in [-0.4, -0.2) is 54.3 Å². The number of ether oxygens (including phenoxy) is 1. The van der Waals surface area contributed by atoms with Crippen LogP contribution in [-0.2, 0) is 27.9 Å². The van der Waals surface area contributed by atoms with E-state index in [1.807, 2.05) is 0 Å². The van der Waals surface area contributed by atoms with Gasteiger partial charge in [0.05, 0.1) is 13.2 Å². The molecular weight excluding hydrogens is 605 g/mol. The van der Waals surface area contributed by atoms with E-state index in [1.165, 1.54) is 116 Å². The van der Waals surface area contributed by atoms with Crippen LogP contribution >= 0.6 is 7.82 Å². The zero-order chi connectivity index (χ0) is 34.0. The minimum atomic E-state index is -4.39. The maximum absolute atomic E-state index is 12.0. The second-order valence-corrected chi connectivity index (χ2v) is 14.4. The highest BCUT2D eigenvalue weighted by molar-refractivity contribution is 7.47. The van der Waals surface area contributed by atoms with E-state index in [2.05, 4.69) is 19.2 Å². The summed E-state index contributed by atoms with van der Waals surface area (Å²) in [5.74, 6) is -0.517. The lowest BCUT2D eigenvalue weighted by Gasteiger charge is -2.15. The second kappa shape index (κ2) is 33.9. The predicted molar refractivity (Wildman–Crippen MR) is 188 cm³/mol. The molecule has 0 aromatic carbocycles. The molecule has 0 aromatic heterocycles. The van der Waals surface area contributed by atoms with E-state index in [9.17, 15) is 24.2 Å². The Bertz CT molecular complexity index is 739. The number of esters is 1. The van der Waals surface area contributed by atoms with Crippen molar-refractivity contribution in [3.63, 3.8) is 0 Å². The molecule has 10 heteroatoms. The number of phosphoric ester groups is 1. The molecule has 0 saturated heterocycles. The van der Waals surface area contributed by atoms with Gasteiger partial charge in [-0.25, -0.2) is 4.57 Å². The quantitative estimate of drug-likeness (QED) is 0.0339. The van der Waals surface area contributed by atoms with Crippen LogP contribution in [0.1, 0.15) is 187 Å². The summed E-state index contributed by atoms with van der Waals surface area (Å²) < 4.78 is 26.6. The van der Waals surface area contributed by atoms with Crippen molar-refractivity contribution in [2.75, 3.05) is 26.4 Å².